The van der Waals surface area contributed by atoms with E-state index in [1.54, 1.807) is 6.92 Å². The molecule has 0 radical (unpaired) electrons. The second-order valence-electron chi connectivity index (χ2n) is 4.52. The molecular weight excluding hydrogens is 254 g/mol. The molecule has 0 spiro atoms. The molecule has 1 rings (SSSR count). The molecule has 0 aromatic heterocycles. The molecule has 1 amide bonds. The van der Waals surface area contributed by atoms with Gasteiger partial charge in [0.25, 0.3) is 0 Å². The van der Waals surface area contributed by atoms with Gasteiger partial charge in [0.1, 0.15) is 5.75 Å². The molecule has 6 heteroatoms. The van der Waals surface area contributed by atoms with Crippen molar-refractivity contribution in [2.75, 3.05) is 5.32 Å². The molecule has 0 saturated heterocycles. The maximum absolute atomic E-state index is 12.0. The van der Waals surface area contributed by atoms with Crippen LogP contribution in [0.15, 0.2) is 24.3 Å². The smallest absolute Gasteiger partial charge is 0.387 e. The Bertz CT molecular complexity index is 419. The number of ether oxygens (including phenoxy) is 1. The van der Waals surface area contributed by atoms with Gasteiger partial charge in [0, 0.05) is 5.69 Å². The molecule has 1 aromatic carbocycles. The Kier molecular flexibility index (Phi) is 5.23. The first-order chi connectivity index (χ1) is 8.85. The molecule has 0 aliphatic heterocycles. The standard InChI is InChI=1S/C13H18F2N2O2/c1-3-8-13(2,16)11(18)17-9-4-6-10(7-5-9)19-12(14)15/h4-7,12H,3,8,16H2,1-2H3,(H,17,18). The number of carbonyl (C=O) groups excluding carboxylic acids is 1. The van der Waals surface area contributed by atoms with E-state index >= 15 is 0 Å². The molecule has 3 N–H and O–H groups in total. The van der Waals surface area contributed by atoms with Crippen molar-refractivity contribution in [3.63, 3.8) is 0 Å². The number of amides is 1. The summed E-state index contributed by atoms with van der Waals surface area (Å²) in [6.45, 7) is 0.729. The highest BCUT2D eigenvalue weighted by Gasteiger charge is 2.27. The van der Waals surface area contributed by atoms with E-state index in [0.29, 0.717) is 12.1 Å². The van der Waals surface area contributed by atoms with E-state index in [2.05, 4.69) is 10.1 Å². The Labute approximate surface area is 110 Å². The molecular formula is C13H18F2N2O2. The number of alkyl halides is 2. The third-order valence-corrected chi connectivity index (χ3v) is 2.63. The number of anilines is 1. The number of hydrogen-bond acceptors (Lipinski definition) is 3. The summed E-state index contributed by atoms with van der Waals surface area (Å²) in [6.07, 6.45) is 1.35. The van der Waals surface area contributed by atoms with E-state index in [-0.39, 0.29) is 11.7 Å². The highest BCUT2D eigenvalue weighted by atomic mass is 19.3. The van der Waals surface area contributed by atoms with Crippen LogP contribution in [-0.2, 0) is 4.79 Å². The summed E-state index contributed by atoms with van der Waals surface area (Å²) in [4.78, 5) is 11.9. The Morgan fingerprint density at radius 1 is 1.42 bits per heavy atom. The number of nitrogens with one attached hydrogen (secondary N) is 1. The van der Waals surface area contributed by atoms with Crippen LogP contribution in [0.3, 0.4) is 0 Å². The van der Waals surface area contributed by atoms with Gasteiger partial charge in [-0.25, -0.2) is 0 Å². The van der Waals surface area contributed by atoms with Crippen molar-refractivity contribution >= 4 is 11.6 Å². The maximum Gasteiger partial charge on any atom is 0.387 e. The number of hydrogen-bond donors (Lipinski definition) is 2. The third-order valence-electron chi connectivity index (χ3n) is 2.63. The van der Waals surface area contributed by atoms with E-state index in [4.69, 9.17) is 5.73 Å². The van der Waals surface area contributed by atoms with Gasteiger partial charge in [-0.3, -0.25) is 4.79 Å². The maximum atomic E-state index is 12.0. The van der Waals surface area contributed by atoms with Crippen LogP contribution in [0.4, 0.5) is 14.5 Å². The first kappa shape index (κ1) is 15.4. The molecule has 1 aromatic rings. The summed E-state index contributed by atoms with van der Waals surface area (Å²) in [5, 5.41) is 2.64. The molecule has 0 bridgehead atoms. The minimum absolute atomic E-state index is 0.0390. The number of rotatable bonds is 6. The Balaban J connectivity index is 2.65. The predicted octanol–water partition coefficient (Wildman–Crippen LogP) is 2.74. The van der Waals surface area contributed by atoms with Gasteiger partial charge < -0.3 is 15.8 Å². The average Bonchev–Trinajstić information content (AvgIpc) is 2.30. The van der Waals surface area contributed by atoms with E-state index in [1.807, 2.05) is 6.92 Å². The lowest BCUT2D eigenvalue weighted by Gasteiger charge is -2.22. The quantitative estimate of drug-likeness (QED) is 0.837. The van der Waals surface area contributed by atoms with Gasteiger partial charge in [-0.1, -0.05) is 13.3 Å². The largest absolute Gasteiger partial charge is 0.435 e. The summed E-state index contributed by atoms with van der Waals surface area (Å²) in [5.74, 6) is -0.269. The normalized spacial score (nSPS) is 14.0. The molecule has 0 aliphatic rings. The van der Waals surface area contributed by atoms with Crippen LogP contribution >= 0.6 is 0 Å². The lowest BCUT2D eigenvalue weighted by atomic mass is 9.96. The number of halogens is 2. The number of carbonyl (C=O) groups is 1. The number of nitrogens with two attached hydrogens (primary N) is 1. The van der Waals surface area contributed by atoms with Gasteiger partial charge >= 0.3 is 6.61 Å². The second-order valence-corrected chi connectivity index (χ2v) is 4.52. The van der Waals surface area contributed by atoms with Gasteiger partial charge in [-0.05, 0) is 37.6 Å². The Hall–Kier alpha value is -1.69. The van der Waals surface area contributed by atoms with Crippen molar-refractivity contribution in [2.24, 2.45) is 5.73 Å². The Morgan fingerprint density at radius 2 is 2.00 bits per heavy atom. The molecule has 19 heavy (non-hydrogen) atoms. The highest BCUT2D eigenvalue weighted by molar-refractivity contribution is 5.97. The van der Waals surface area contributed by atoms with Crippen LogP contribution in [0.2, 0.25) is 0 Å². The fourth-order valence-electron chi connectivity index (χ4n) is 1.63. The molecule has 0 fully saturated rings. The third kappa shape index (κ3) is 4.82. The summed E-state index contributed by atoms with van der Waals surface area (Å²) in [6, 6.07) is 5.68. The van der Waals surface area contributed by atoms with Crippen molar-refractivity contribution in [2.45, 2.75) is 38.8 Å². The van der Waals surface area contributed by atoms with Gasteiger partial charge in [0.2, 0.25) is 5.91 Å². The van der Waals surface area contributed by atoms with Gasteiger partial charge in [-0.2, -0.15) is 8.78 Å². The van der Waals surface area contributed by atoms with Crippen molar-refractivity contribution in [3.05, 3.63) is 24.3 Å². The zero-order valence-corrected chi connectivity index (χ0v) is 11.0. The summed E-state index contributed by atoms with van der Waals surface area (Å²) in [7, 11) is 0. The minimum Gasteiger partial charge on any atom is -0.435 e. The van der Waals surface area contributed by atoms with Crippen LogP contribution in [0, 0.1) is 0 Å². The lowest BCUT2D eigenvalue weighted by molar-refractivity contribution is -0.120. The predicted molar refractivity (Wildman–Crippen MR) is 69.2 cm³/mol. The molecule has 0 aliphatic carbocycles. The average molecular weight is 272 g/mol. The van der Waals surface area contributed by atoms with Crippen molar-refractivity contribution in [1.29, 1.82) is 0 Å². The van der Waals surface area contributed by atoms with Gasteiger partial charge in [0.15, 0.2) is 0 Å². The molecule has 4 nitrogen and oxygen atoms in total. The van der Waals surface area contributed by atoms with E-state index in [9.17, 15) is 13.6 Å². The van der Waals surface area contributed by atoms with Crippen LogP contribution in [0.1, 0.15) is 26.7 Å². The van der Waals surface area contributed by atoms with Gasteiger partial charge in [-0.15, -0.1) is 0 Å². The van der Waals surface area contributed by atoms with E-state index in [1.165, 1.54) is 24.3 Å². The van der Waals surface area contributed by atoms with Crippen molar-refractivity contribution in [3.8, 4) is 5.75 Å². The highest BCUT2D eigenvalue weighted by Crippen LogP contribution is 2.19. The van der Waals surface area contributed by atoms with Crippen LogP contribution in [-0.4, -0.2) is 18.1 Å². The van der Waals surface area contributed by atoms with E-state index < -0.39 is 12.2 Å². The van der Waals surface area contributed by atoms with E-state index in [0.717, 1.165) is 6.42 Å². The molecule has 0 heterocycles. The number of benzene rings is 1. The fourth-order valence-corrected chi connectivity index (χ4v) is 1.63. The molecule has 106 valence electrons. The molecule has 1 unspecified atom stereocenters. The van der Waals surface area contributed by atoms with Crippen molar-refractivity contribution in [1.82, 2.24) is 0 Å². The summed E-state index contributed by atoms with van der Waals surface area (Å²) in [5.41, 5.74) is 5.41. The zero-order chi connectivity index (χ0) is 14.5. The summed E-state index contributed by atoms with van der Waals surface area (Å²) >= 11 is 0. The van der Waals surface area contributed by atoms with Crippen LogP contribution < -0.4 is 15.8 Å². The lowest BCUT2D eigenvalue weighted by Crippen LogP contribution is -2.48. The van der Waals surface area contributed by atoms with Crippen LogP contribution in [0.25, 0.3) is 0 Å². The first-order valence-electron chi connectivity index (χ1n) is 6.00. The zero-order valence-electron chi connectivity index (χ0n) is 11.0. The Morgan fingerprint density at radius 3 is 2.47 bits per heavy atom. The minimum atomic E-state index is -2.86. The SMILES string of the molecule is CCCC(C)(N)C(=O)Nc1ccc(OC(F)F)cc1. The molecule has 0 saturated carbocycles. The first-order valence-corrected chi connectivity index (χ1v) is 6.00. The topological polar surface area (TPSA) is 64.4 Å². The molecule has 1 atom stereocenters. The van der Waals surface area contributed by atoms with Crippen LogP contribution in [0.5, 0.6) is 5.75 Å². The van der Waals surface area contributed by atoms with Crippen molar-refractivity contribution < 1.29 is 18.3 Å². The van der Waals surface area contributed by atoms with Gasteiger partial charge in [0.05, 0.1) is 5.54 Å². The summed E-state index contributed by atoms with van der Waals surface area (Å²) < 4.78 is 28.1. The second kappa shape index (κ2) is 6.47. The fraction of sp³-hybridized carbons (Fsp3) is 0.462. The monoisotopic (exact) mass is 272 g/mol.